The Balaban J connectivity index is 0.000000784. The molecule has 0 saturated heterocycles. The van der Waals surface area contributed by atoms with Crippen LogP contribution in [-0.2, 0) is 6.54 Å². The maximum absolute atomic E-state index is 5.81. The van der Waals surface area contributed by atoms with Crippen molar-refractivity contribution in [3.05, 3.63) is 71.0 Å². The zero-order valence-corrected chi connectivity index (χ0v) is 16.3. The largest absolute Gasteiger partial charge is 0.376 e. The molecular weight excluding hydrogens is 324 g/mol. The molecule has 2 nitrogen and oxygen atoms in total. The molecule has 0 bridgehead atoms. The fraction of sp³-hybridized carbons (Fsp3) is 0.409. The fourth-order valence-corrected chi connectivity index (χ4v) is 4.19. The lowest BCUT2D eigenvalue weighted by atomic mass is 9.88. The van der Waals surface area contributed by atoms with Gasteiger partial charge in [0.2, 0.25) is 0 Å². The normalized spacial score (nSPS) is 24.5. The van der Waals surface area contributed by atoms with E-state index >= 15 is 0 Å². The highest BCUT2D eigenvalue weighted by Gasteiger charge is 2.37. The number of hydrogen-bond donors (Lipinski definition) is 1. The SMILES string of the molecule is CC.CC1=CCC2C3=C(NC2C=C1)C(=S)N(Cc1ccccc1)CC3.[HH]. The van der Waals surface area contributed by atoms with E-state index in [4.69, 9.17) is 12.2 Å². The average molecular weight is 355 g/mol. The standard InChI is InChI=1S/C20H22N2S.C2H6.H2/c1-14-7-9-16-17-11-12-22(13-15-5-3-2-4-6-15)20(23)19(17)21-18(16)10-8-14;1-2;/h2-8,10,16,18,21H,9,11-13H2,1H3;1-2H3;1H. The Morgan fingerprint density at radius 1 is 1.24 bits per heavy atom. The van der Waals surface area contributed by atoms with Gasteiger partial charge >= 0.3 is 0 Å². The van der Waals surface area contributed by atoms with E-state index in [1.165, 1.54) is 16.8 Å². The molecular formula is C22H30N2S. The lowest BCUT2D eigenvalue weighted by molar-refractivity contribution is 0.406. The number of benzene rings is 1. The number of fused-ring (bicyclic) bond motifs is 2. The predicted molar refractivity (Wildman–Crippen MR) is 112 cm³/mol. The molecule has 1 aliphatic carbocycles. The lowest BCUT2D eigenvalue weighted by Gasteiger charge is -2.31. The van der Waals surface area contributed by atoms with Crippen molar-refractivity contribution in [3.63, 3.8) is 0 Å². The van der Waals surface area contributed by atoms with Crippen LogP contribution < -0.4 is 5.32 Å². The molecule has 0 saturated carbocycles. The van der Waals surface area contributed by atoms with Gasteiger partial charge in [-0.3, -0.25) is 0 Å². The third-order valence-corrected chi connectivity index (χ3v) is 5.60. The molecule has 2 atom stereocenters. The molecule has 4 rings (SSSR count). The summed E-state index contributed by atoms with van der Waals surface area (Å²) in [5, 5.41) is 3.70. The predicted octanol–water partition coefficient (Wildman–Crippen LogP) is 5.24. The molecule has 1 N–H and O–H groups in total. The smallest absolute Gasteiger partial charge is 0.125 e. The maximum Gasteiger partial charge on any atom is 0.125 e. The van der Waals surface area contributed by atoms with Gasteiger partial charge in [0.05, 0.1) is 11.7 Å². The van der Waals surface area contributed by atoms with E-state index in [0.717, 1.165) is 30.9 Å². The van der Waals surface area contributed by atoms with E-state index in [9.17, 15) is 0 Å². The van der Waals surface area contributed by atoms with Crippen molar-refractivity contribution in [1.29, 1.82) is 0 Å². The van der Waals surface area contributed by atoms with E-state index < -0.39 is 0 Å². The molecule has 134 valence electrons. The fourth-order valence-electron chi connectivity index (χ4n) is 3.85. The quantitative estimate of drug-likeness (QED) is 0.731. The number of nitrogens with one attached hydrogen (secondary N) is 1. The Morgan fingerprint density at radius 2 is 2.00 bits per heavy atom. The van der Waals surface area contributed by atoms with Crippen LogP contribution in [0.25, 0.3) is 0 Å². The van der Waals surface area contributed by atoms with Gasteiger partial charge in [-0.2, -0.15) is 0 Å². The van der Waals surface area contributed by atoms with Crippen molar-refractivity contribution < 1.29 is 1.43 Å². The van der Waals surface area contributed by atoms with E-state index in [0.29, 0.717) is 12.0 Å². The summed E-state index contributed by atoms with van der Waals surface area (Å²) in [6.45, 7) is 8.12. The molecule has 0 spiro atoms. The first-order valence-corrected chi connectivity index (χ1v) is 9.81. The Hall–Kier alpha value is -1.87. The highest BCUT2D eigenvalue weighted by Crippen LogP contribution is 2.38. The minimum Gasteiger partial charge on any atom is -0.376 e. The van der Waals surface area contributed by atoms with Crippen LogP contribution in [0.1, 0.15) is 40.6 Å². The molecule has 3 heteroatoms. The molecule has 3 aliphatic rings. The van der Waals surface area contributed by atoms with Gasteiger partial charge in [0.1, 0.15) is 4.99 Å². The minimum absolute atomic E-state index is 0. The third-order valence-electron chi connectivity index (χ3n) is 5.14. The lowest BCUT2D eigenvalue weighted by Crippen LogP contribution is -2.38. The second-order valence-corrected chi connectivity index (χ2v) is 7.07. The molecule has 2 heterocycles. The van der Waals surface area contributed by atoms with Gasteiger partial charge in [-0.25, -0.2) is 0 Å². The summed E-state index contributed by atoms with van der Waals surface area (Å²) in [6, 6.07) is 11.0. The number of nitrogens with zero attached hydrogens (tertiary/aromatic N) is 1. The minimum atomic E-state index is 0. The van der Waals surface area contributed by atoms with Crippen molar-refractivity contribution in [2.45, 2.75) is 46.2 Å². The molecule has 1 aromatic carbocycles. The second-order valence-electron chi connectivity index (χ2n) is 6.68. The van der Waals surface area contributed by atoms with Gasteiger partial charge < -0.3 is 10.2 Å². The number of allylic oxidation sites excluding steroid dienone is 3. The van der Waals surface area contributed by atoms with Crippen molar-refractivity contribution in [2.24, 2.45) is 5.92 Å². The highest BCUT2D eigenvalue weighted by molar-refractivity contribution is 7.80. The first kappa shape index (κ1) is 17.9. The van der Waals surface area contributed by atoms with Gasteiger partial charge in [0.15, 0.2) is 0 Å². The summed E-state index contributed by atoms with van der Waals surface area (Å²) >= 11 is 5.81. The van der Waals surface area contributed by atoms with Crippen molar-refractivity contribution >= 4 is 17.2 Å². The van der Waals surface area contributed by atoms with Gasteiger partial charge in [-0.1, -0.05) is 80.2 Å². The summed E-state index contributed by atoms with van der Waals surface area (Å²) in [4.78, 5) is 3.34. The maximum atomic E-state index is 5.81. The Labute approximate surface area is 158 Å². The molecule has 0 radical (unpaired) electrons. The Morgan fingerprint density at radius 3 is 2.76 bits per heavy atom. The van der Waals surface area contributed by atoms with Gasteiger partial charge in [0, 0.05) is 20.4 Å². The number of thiocarbonyl (C=S) groups is 1. The molecule has 0 aromatic heterocycles. The monoisotopic (exact) mass is 354 g/mol. The van der Waals surface area contributed by atoms with Crippen LogP contribution >= 0.6 is 12.2 Å². The van der Waals surface area contributed by atoms with Crippen LogP contribution in [-0.4, -0.2) is 22.5 Å². The van der Waals surface area contributed by atoms with Crippen LogP contribution in [0, 0.1) is 5.92 Å². The Bertz CT molecular complexity index is 721. The molecule has 2 aliphatic heterocycles. The second kappa shape index (κ2) is 8.01. The zero-order chi connectivity index (χ0) is 17.8. The highest BCUT2D eigenvalue weighted by atomic mass is 32.1. The van der Waals surface area contributed by atoms with Gasteiger partial charge in [-0.05, 0) is 30.9 Å². The van der Waals surface area contributed by atoms with Crippen molar-refractivity contribution in [1.82, 2.24) is 10.2 Å². The summed E-state index contributed by atoms with van der Waals surface area (Å²) < 4.78 is 0. The zero-order valence-electron chi connectivity index (χ0n) is 15.5. The average Bonchev–Trinajstić information content (AvgIpc) is 2.91. The van der Waals surface area contributed by atoms with Crippen LogP contribution in [0.15, 0.2) is 65.4 Å². The van der Waals surface area contributed by atoms with E-state index in [-0.39, 0.29) is 1.43 Å². The van der Waals surface area contributed by atoms with Crippen LogP contribution in [0.5, 0.6) is 0 Å². The first-order chi connectivity index (χ1) is 12.2. The first-order valence-electron chi connectivity index (χ1n) is 9.40. The van der Waals surface area contributed by atoms with E-state index in [1.54, 1.807) is 5.57 Å². The molecule has 0 fully saturated rings. The summed E-state index contributed by atoms with van der Waals surface area (Å²) in [7, 11) is 0. The van der Waals surface area contributed by atoms with Crippen molar-refractivity contribution in [2.75, 3.05) is 6.54 Å². The van der Waals surface area contributed by atoms with Crippen molar-refractivity contribution in [3.8, 4) is 0 Å². The van der Waals surface area contributed by atoms with Gasteiger partial charge in [-0.15, -0.1) is 0 Å². The molecule has 25 heavy (non-hydrogen) atoms. The number of hydrogen-bond acceptors (Lipinski definition) is 2. The topological polar surface area (TPSA) is 15.3 Å². The summed E-state index contributed by atoms with van der Waals surface area (Å²) in [6.07, 6.45) is 9.15. The van der Waals surface area contributed by atoms with E-state index in [2.05, 4.69) is 65.7 Å². The van der Waals surface area contributed by atoms with Crippen LogP contribution in [0.3, 0.4) is 0 Å². The summed E-state index contributed by atoms with van der Waals surface area (Å²) in [5.41, 5.74) is 5.46. The van der Waals surface area contributed by atoms with E-state index in [1.807, 2.05) is 13.8 Å². The van der Waals surface area contributed by atoms with Crippen LogP contribution in [0.4, 0.5) is 0 Å². The van der Waals surface area contributed by atoms with Crippen LogP contribution in [0.2, 0.25) is 0 Å². The molecule has 0 amide bonds. The summed E-state index contributed by atoms with van der Waals surface area (Å²) in [5.74, 6) is 0.579. The molecule has 1 aromatic rings. The Kier molecular flexibility index (Phi) is 5.74. The third kappa shape index (κ3) is 3.72. The van der Waals surface area contributed by atoms with Gasteiger partial charge in [0.25, 0.3) is 0 Å². The molecule has 2 unspecified atom stereocenters. The number of rotatable bonds is 2.